The number of methoxy groups -OCH3 is 1. The summed E-state index contributed by atoms with van der Waals surface area (Å²) in [6, 6.07) is 3.88. The first-order chi connectivity index (χ1) is 12.8. The molecule has 3 heterocycles. The number of aromatic nitrogens is 2. The van der Waals surface area contributed by atoms with Gasteiger partial charge in [0.1, 0.15) is 14.6 Å². The number of fused-ring (bicyclic) bond motifs is 1. The van der Waals surface area contributed by atoms with E-state index in [0.717, 1.165) is 33.1 Å². The monoisotopic (exact) mass is 428 g/mol. The van der Waals surface area contributed by atoms with E-state index in [1.165, 1.54) is 13.2 Å². The molecule has 27 heavy (non-hydrogen) atoms. The molecule has 0 aliphatic carbocycles. The molecule has 0 saturated carbocycles. The second-order valence-corrected chi connectivity index (χ2v) is 9.43. The normalized spacial score (nSPS) is 11.5. The first kappa shape index (κ1) is 19.5. The maximum absolute atomic E-state index is 12.4. The molecule has 0 bridgehead atoms. The highest BCUT2D eigenvalue weighted by atomic mass is 32.2. The molecule has 0 saturated heterocycles. The van der Waals surface area contributed by atoms with E-state index in [-0.39, 0.29) is 15.9 Å². The Hall–Kier alpha value is -2.28. The number of aryl methyl sites for hydroxylation is 1. The zero-order valence-corrected chi connectivity index (χ0v) is 16.8. The minimum absolute atomic E-state index is 0.00861. The van der Waals surface area contributed by atoms with E-state index in [4.69, 9.17) is 9.84 Å². The van der Waals surface area contributed by atoms with E-state index >= 15 is 0 Å². The van der Waals surface area contributed by atoms with Gasteiger partial charge in [-0.25, -0.2) is 27.9 Å². The lowest BCUT2D eigenvalue weighted by atomic mass is 10.2. The van der Waals surface area contributed by atoms with Crippen LogP contribution in [0.2, 0.25) is 0 Å². The summed E-state index contributed by atoms with van der Waals surface area (Å²) in [5, 5.41) is 11.6. The Labute approximate surface area is 163 Å². The number of anilines is 1. The number of urea groups is 1. The number of rotatable bonds is 6. The SMILES string of the molecule is COc1ccc2nc(NC(=O)NS(=O)(=O)c3cc(C)c(CCO)s3)sc2n1. The minimum atomic E-state index is -4.02. The van der Waals surface area contributed by atoms with E-state index in [1.54, 1.807) is 19.1 Å². The van der Waals surface area contributed by atoms with Crippen molar-refractivity contribution in [2.24, 2.45) is 0 Å². The zero-order valence-electron chi connectivity index (χ0n) is 14.3. The van der Waals surface area contributed by atoms with Gasteiger partial charge in [0.25, 0.3) is 10.0 Å². The molecular weight excluding hydrogens is 412 g/mol. The Morgan fingerprint density at radius 2 is 2.07 bits per heavy atom. The summed E-state index contributed by atoms with van der Waals surface area (Å²) in [7, 11) is -2.53. The Bertz CT molecular complexity index is 1090. The summed E-state index contributed by atoms with van der Waals surface area (Å²) >= 11 is 2.12. The highest BCUT2D eigenvalue weighted by Crippen LogP contribution is 2.27. The molecule has 144 valence electrons. The third-order valence-electron chi connectivity index (χ3n) is 3.49. The van der Waals surface area contributed by atoms with Crippen LogP contribution in [0.5, 0.6) is 5.88 Å². The number of carbonyl (C=O) groups excluding carboxylic acids is 1. The fourth-order valence-electron chi connectivity index (χ4n) is 2.23. The number of aliphatic hydroxyl groups is 1. The van der Waals surface area contributed by atoms with Crippen molar-refractivity contribution in [3.05, 3.63) is 28.6 Å². The van der Waals surface area contributed by atoms with Crippen LogP contribution in [0.1, 0.15) is 10.4 Å². The Morgan fingerprint density at radius 3 is 2.78 bits per heavy atom. The molecule has 3 aromatic heterocycles. The van der Waals surface area contributed by atoms with Crippen molar-refractivity contribution in [3.63, 3.8) is 0 Å². The highest BCUT2D eigenvalue weighted by Gasteiger charge is 2.22. The second-order valence-electron chi connectivity index (χ2n) is 5.40. The molecule has 0 atom stereocenters. The van der Waals surface area contributed by atoms with Gasteiger partial charge in [0.15, 0.2) is 5.13 Å². The van der Waals surface area contributed by atoms with Gasteiger partial charge in [-0.05, 0) is 24.6 Å². The van der Waals surface area contributed by atoms with Crippen molar-refractivity contribution in [1.29, 1.82) is 0 Å². The third-order valence-corrected chi connectivity index (χ3v) is 7.47. The molecule has 9 nitrogen and oxygen atoms in total. The third kappa shape index (κ3) is 4.35. The molecule has 3 N–H and O–H groups in total. The summed E-state index contributed by atoms with van der Waals surface area (Å²) in [5.74, 6) is 0.413. The molecule has 12 heteroatoms. The van der Waals surface area contributed by atoms with E-state index in [1.807, 2.05) is 4.72 Å². The van der Waals surface area contributed by atoms with Crippen LogP contribution in [0.15, 0.2) is 22.4 Å². The lowest BCUT2D eigenvalue weighted by Gasteiger charge is -2.04. The first-order valence-corrected chi connectivity index (χ1v) is 10.8. The van der Waals surface area contributed by atoms with Gasteiger partial charge < -0.3 is 9.84 Å². The van der Waals surface area contributed by atoms with Crippen LogP contribution in [0.4, 0.5) is 9.93 Å². The Kier molecular flexibility index (Phi) is 5.60. The van der Waals surface area contributed by atoms with Gasteiger partial charge in [0.2, 0.25) is 5.88 Å². The number of hydrogen-bond donors (Lipinski definition) is 3. The number of nitrogens with zero attached hydrogens (tertiary/aromatic N) is 2. The molecular formula is C15H16N4O5S3. The van der Waals surface area contributed by atoms with E-state index in [9.17, 15) is 13.2 Å². The summed E-state index contributed by atoms with van der Waals surface area (Å²) in [6.45, 7) is 1.67. The standard InChI is InChI=1S/C15H16N4O5S3/c1-8-7-12(25-10(8)5-6-20)27(22,23)19-14(21)18-15-16-9-3-4-11(24-2)17-13(9)26-15/h3-4,7,20H,5-6H2,1-2H3,(H2,16,18,19,21). The molecule has 0 aliphatic rings. The van der Waals surface area contributed by atoms with Crippen LogP contribution in [-0.4, -0.2) is 43.2 Å². The van der Waals surface area contributed by atoms with Gasteiger partial charge in [-0.15, -0.1) is 11.3 Å². The number of ether oxygens (including phenoxy) is 1. The van der Waals surface area contributed by atoms with Gasteiger partial charge in [0, 0.05) is 24.0 Å². The second kappa shape index (κ2) is 7.76. The summed E-state index contributed by atoms with van der Waals surface area (Å²) in [6.07, 6.45) is 0.361. The Morgan fingerprint density at radius 1 is 1.30 bits per heavy atom. The fourth-order valence-corrected chi connectivity index (χ4v) is 5.54. The van der Waals surface area contributed by atoms with Crippen LogP contribution in [0.3, 0.4) is 0 Å². The Balaban J connectivity index is 1.73. The molecule has 0 aromatic carbocycles. The van der Waals surface area contributed by atoms with Crippen LogP contribution in [-0.2, 0) is 16.4 Å². The molecule has 0 radical (unpaired) electrons. The molecule has 2 amide bonds. The van der Waals surface area contributed by atoms with Gasteiger partial charge >= 0.3 is 6.03 Å². The van der Waals surface area contributed by atoms with Crippen molar-refractivity contribution in [2.45, 2.75) is 17.6 Å². The highest BCUT2D eigenvalue weighted by molar-refractivity contribution is 7.92. The van der Waals surface area contributed by atoms with Crippen molar-refractivity contribution < 1.29 is 23.1 Å². The van der Waals surface area contributed by atoms with Gasteiger partial charge in [-0.2, -0.15) is 0 Å². The number of carbonyl (C=O) groups is 1. The van der Waals surface area contributed by atoms with Gasteiger partial charge in [-0.3, -0.25) is 5.32 Å². The smallest absolute Gasteiger partial charge is 0.334 e. The van der Waals surface area contributed by atoms with Crippen LogP contribution in [0.25, 0.3) is 10.3 Å². The van der Waals surface area contributed by atoms with E-state index in [0.29, 0.717) is 22.6 Å². The molecule has 0 fully saturated rings. The maximum Gasteiger partial charge on any atom is 0.334 e. The van der Waals surface area contributed by atoms with Crippen LogP contribution in [0, 0.1) is 6.92 Å². The topological polar surface area (TPSA) is 131 Å². The van der Waals surface area contributed by atoms with E-state index < -0.39 is 16.1 Å². The summed E-state index contributed by atoms with van der Waals surface area (Å²) in [4.78, 5) is 21.8. The number of sulfonamides is 1. The van der Waals surface area contributed by atoms with Gasteiger partial charge in [-0.1, -0.05) is 11.3 Å². The number of amides is 2. The maximum atomic E-state index is 12.4. The van der Waals surface area contributed by atoms with Crippen molar-refractivity contribution in [2.75, 3.05) is 19.0 Å². The predicted octanol–water partition coefficient (Wildman–Crippen LogP) is 2.12. The van der Waals surface area contributed by atoms with Crippen molar-refractivity contribution >= 4 is 54.2 Å². The molecule has 0 aliphatic heterocycles. The first-order valence-electron chi connectivity index (χ1n) is 7.68. The summed E-state index contributed by atoms with van der Waals surface area (Å²) < 4.78 is 31.8. The van der Waals surface area contributed by atoms with Crippen molar-refractivity contribution in [1.82, 2.24) is 14.7 Å². The molecule has 0 spiro atoms. The average Bonchev–Trinajstić information content (AvgIpc) is 3.17. The lowest BCUT2D eigenvalue weighted by Crippen LogP contribution is -2.33. The van der Waals surface area contributed by atoms with Crippen LogP contribution >= 0.6 is 22.7 Å². The number of thiophene rings is 1. The van der Waals surface area contributed by atoms with E-state index in [2.05, 4.69) is 15.3 Å². The summed E-state index contributed by atoms with van der Waals surface area (Å²) in [5.41, 5.74) is 1.31. The number of aliphatic hydroxyl groups excluding tert-OH is 1. The quantitative estimate of drug-likeness (QED) is 0.548. The number of nitrogens with one attached hydrogen (secondary N) is 2. The minimum Gasteiger partial charge on any atom is -0.481 e. The zero-order chi connectivity index (χ0) is 19.6. The molecule has 0 unspecified atom stereocenters. The number of thiazole rings is 1. The largest absolute Gasteiger partial charge is 0.481 e. The fraction of sp³-hybridized carbons (Fsp3) is 0.267. The van der Waals surface area contributed by atoms with Gasteiger partial charge in [0.05, 0.1) is 7.11 Å². The number of pyridine rings is 1. The molecule has 3 aromatic rings. The lowest BCUT2D eigenvalue weighted by molar-refractivity contribution is 0.256. The molecule has 3 rings (SSSR count). The predicted molar refractivity (Wildman–Crippen MR) is 103 cm³/mol. The average molecular weight is 429 g/mol. The van der Waals surface area contributed by atoms with Crippen molar-refractivity contribution in [3.8, 4) is 5.88 Å². The number of hydrogen-bond acceptors (Lipinski definition) is 9. The van der Waals surface area contributed by atoms with Crippen LogP contribution < -0.4 is 14.8 Å².